The van der Waals surface area contributed by atoms with Gasteiger partial charge in [0.1, 0.15) is 0 Å². The Morgan fingerprint density at radius 3 is 1.25 bits per heavy atom. The normalized spacial score (nSPS) is 12.9. The fraction of sp³-hybridized carbons (Fsp3) is 0.500. The van der Waals surface area contributed by atoms with Crippen molar-refractivity contribution in [3.05, 3.63) is 33.1 Å². The Morgan fingerprint density at radius 2 is 1.00 bits per heavy atom. The van der Waals surface area contributed by atoms with Crippen molar-refractivity contribution in [1.82, 2.24) is 0 Å². The van der Waals surface area contributed by atoms with Gasteiger partial charge in [-0.3, -0.25) is 0 Å². The Kier molecular flexibility index (Phi) is 6.29. The third kappa shape index (κ3) is 5.06. The fourth-order valence-electron chi connectivity index (χ4n) is 2.08. The van der Waals surface area contributed by atoms with Crippen molar-refractivity contribution >= 4 is 70.7 Å². The van der Waals surface area contributed by atoms with Crippen LogP contribution in [0.25, 0.3) is 0 Å². The minimum absolute atomic E-state index is 0.708. The molecular weight excluding hydrogens is 588 g/mol. The van der Waals surface area contributed by atoms with Crippen molar-refractivity contribution in [3.8, 4) is 0 Å². The van der Waals surface area contributed by atoms with Gasteiger partial charge in [-0.05, 0) is 0 Å². The predicted molar refractivity (Wildman–Crippen MR) is 100 cm³/mol. The molecule has 0 fully saturated rings. The molecule has 0 aliphatic heterocycles. The van der Waals surface area contributed by atoms with E-state index in [1.807, 2.05) is 4.91 Å². The minimum atomic E-state index is -1.76. The molecule has 20 heavy (non-hydrogen) atoms. The number of rotatable bonds is 5. The quantitative estimate of drug-likeness (QED) is 0.456. The van der Waals surface area contributed by atoms with Crippen molar-refractivity contribution in [2.45, 2.75) is 42.5 Å². The number of hydrogen-bond acceptors (Lipinski definition) is 0. The summed E-state index contributed by atoms with van der Waals surface area (Å²) in [5.41, 5.74) is 0. The summed E-state index contributed by atoms with van der Waals surface area (Å²) in [6.07, 6.45) is 2.66. The van der Waals surface area contributed by atoms with Gasteiger partial charge in [-0.15, -0.1) is 0 Å². The zero-order valence-corrected chi connectivity index (χ0v) is 22.7. The van der Waals surface area contributed by atoms with E-state index in [0.717, 1.165) is 0 Å². The Hall–Kier alpha value is 1.60. The second kappa shape index (κ2) is 7.01. The molecule has 4 heteroatoms. The summed E-state index contributed by atoms with van der Waals surface area (Å²) in [6.45, 7) is 0. The summed E-state index contributed by atoms with van der Waals surface area (Å²) in [5, 5.41) is 0. The zero-order chi connectivity index (χ0) is 15.0. The standard InChI is InChI=1S/C10H8Se2.6CH3.2Sn/c1-3-9(11-7-1)5-6-10-4-2-8-12-10;;;;;;;;/h1-4H,5-6H2;6*1H3;;. The molecule has 0 aliphatic carbocycles. The number of hydrogen-bond donors (Lipinski definition) is 0. The molecule has 0 amide bonds. The SMILES string of the molecule is [CH3][Sn]([CH3])([CH3])[c]1ccc(CCc2cc[c]([Sn]([CH3])([CH3])[CH3])[se]2)[se]1. The van der Waals surface area contributed by atoms with Crippen LogP contribution >= 0.6 is 0 Å². The molecule has 0 N–H and O–H groups in total. The predicted octanol–water partition coefficient (Wildman–Crippen LogP) is 2.68. The first-order chi connectivity index (χ1) is 9.16. The molecular formula is C16H26Se2Sn2. The van der Waals surface area contributed by atoms with Crippen LogP contribution in [0.15, 0.2) is 24.3 Å². The average Bonchev–Trinajstić information content (AvgIpc) is 2.94. The van der Waals surface area contributed by atoms with E-state index in [1.54, 1.807) is 8.87 Å². The molecule has 2 heterocycles. The van der Waals surface area contributed by atoms with Crippen LogP contribution in [0.5, 0.6) is 0 Å². The molecule has 0 atom stereocenters. The van der Waals surface area contributed by atoms with Gasteiger partial charge in [0.15, 0.2) is 0 Å². The van der Waals surface area contributed by atoms with E-state index in [9.17, 15) is 0 Å². The first-order valence-corrected chi connectivity index (χ1v) is 30.7. The van der Waals surface area contributed by atoms with Gasteiger partial charge in [-0.25, -0.2) is 0 Å². The zero-order valence-electron chi connectivity index (χ0n) is 13.5. The van der Waals surface area contributed by atoms with E-state index in [1.165, 1.54) is 12.8 Å². The van der Waals surface area contributed by atoms with Crippen molar-refractivity contribution < 1.29 is 0 Å². The van der Waals surface area contributed by atoms with E-state index in [2.05, 4.69) is 53.9 Å². The molecule has 2 aromatic heterocycles. The number of aryl methyl sites for hydroxylation is 2. The van der Waals surface area contributed by atoms with Crippen LogP contribution in [-0.4, -0.2) is 65.8 Å². The third-order valence-corrected chi connectivity index (χ3v) is 37.1. The van der Waals surface area contributed by atoms with E-state index >= 15 is 0 Å². The maximum absolute atomic E-state index is 2.55. The van der Waals surface area contributed by atoms with Crippen molar-refractivity contribution in [1.29, 1.82) is 0 Å². The summed E-state index contributed by atoms with van der Waals surface area (Å²) >= 11 is -2.10. The molecule has 0 spiro atoms. The first-order valence-electron chi connectivity index (χ1n) is 7.34. The van der Waals surface area contributed by atoms with Crippen LogP contribution < -0.4 is 4.91 Å². The third-order valence-electron chi connectivity index (χ3n) is 3.42. The van der Waals surface area contributed by atoms with E-state index in [-0.39, 0.29) is 0 Å². The van der Waals surface area contributed by atoms with Crippen LogP contribution in [-0.2, 0) is 12.8 Å². The van der Waals surface area contributed by atoms with Crippen LogP contribution in [0.4, 0.5) is 0 Å². The molecule has 2 aromatic rings. The Labute approximate surface area is 144 Å². The van der Waals surface area contributed by atoms with Gasteiger partial charge in [0, 0.05) is 0 Å². The maximum atomic E-state index is 2.55. The molecule has 0 unspecified atom stereocenters. The molecule has 0 nitrogen and oxygen atoms in total. The second-order valence-corrected chi connectivity index (χ2v) is 45.8. The van der Waals surface area contributed by atoms with Gasteiger partial charge < -0.3 is 0 Å². The summed E-state index contributed by atoms with van der Waals surface area (Å²) in [5.74, 6) is 0. The van der Waals surface area contributed by atoms with Gasteiger partial charge in [-0.1, -0.05) is 0 Å². The van der Waals surface area contributed by atoms with Gasteiger partial charge in [-0.2, -0.15) is 0 Å². The van der Waals surface area contributed by atoms with Crippen molar-refractivity contribution in [2.24, 2.45) is 0 Å². The summed E-state index contributed by atoms with van der Waals surface area (Å²) in [7, 11) is 0. The van der Waals surface area contributed by atoms with Gasteiger partial charge in [0.05, 0.1) is 0 Å². The van der Waals surface area contributed by atoms with E-state index in [4.69, 9.17) is 0 Å². The van der Waals surface area contributed by atoms with Crippen molar-refractivity contribution in [2.75, 3.05) is 0 Å². The Morgan fingerprint density at radius 1 is 0.650 bits per heavy atom. The second-order valence-electron chi connectivity index (χ2n) is 7.53. The Bertz CT molecular complexity index is 516. The summed E-state index contributed by atoms with van der Waals surface area (Å²) in [6, 6.07) is 9.87. The van der Waals surface area contributed by atoms with Crippen LogP contribution in [0.3, 0.4) is 0 Å². The van der Waals surface area contributed by atoms with Crippen LogP contribution in [0, 0.1) is 0 Å². The van der Waals surface area contributed by atoms with E-state index < -0.39 is 36.8 Å². The van der Waals surface area contributed by atoms with Gasteiger partial charge in [0.25, 0.3) is 0 Å². The van der Waals surface area contributed by atoms with Gasteiger partial charge in [0.2, 0.25) is 0 Å². The van der Waals surface area contributed by atoms with E-state index in [0.29, 0.717) is 29.0 Å². The summed E-state index contributed by atoms with van der Waals surface area (Å²) in [4.78, 5) is 15.3. The average molecular weight is 614 g/mol. The van der Waals surface area contributed by atoms with Crippen LogP contribution in [0.2, 0.25) is 29.6 Å². The molecule has 0 bridgehead atoms. The monoisotopic (exact) mass is 618 g/mol. The van der Waals surface area contributed by atoms with Crippen molar-refractivity contribution in [3.63, 3.8) is 0 Å². The molecule has 0 aliphatic rings. The molecule has 0 aromatic carbocycles. The Balaban J connectivity index is 1.99. The molecule has 110 valence electrons. The molecule has 0 radical (unpaired) electrons. The van der Waals surface area contributed by atoms with Crippen LogP contribution in [0.1, 0.15) is 8.87 Å². The molecule has 0 saturated carbocycles. The summed E-state index contributed by atoms with van der Waals surface area (Å²) < 4.78 is 7.25. The first kappa shape index (κ1) is 17.9. The fourth-order valence-corrected chi connectivity index (χ4v) is 22.8. The topological polar surface area (TPSA) is 0 Å². The van der Waals surface area contributed by atoms with Gasteiger partial charge >= 0.3 is 146 Å². The molecule has 0 saturated heterocycles. The molecule has 2 rings (SSSR count).